The zero-order valence-electron chi connectivity index (χ0n) is 12.0. The van der Waals surface area contributed by atoms with E-state index >= 15 is 0 Å². The lowest BCUT2D eigenvalue weighted by Crippen LogP contribution is -2.31. The molecule has 0 bridgehead atoms. The molecule has 1 aliphatic carbocycles. The zero-order valence-corrected chi connectivity index (χ0v) is 12.8. The quantitative estimate of drug-likeness (QED) is 0.928. The van der Waals surface area contributed by atoms with E-state index in [0.717, 1.165) is 24.0 Å². The average molecular weight is 293 g/mol. The molecule has 0 amide bonds. The SMILES string of the molecule is CC1CCC(CN)C(Sc2ccc3c(c2)OCCO3)C1. The van der Waals surface area contributed by atoms with E-state index in [9.17, 15) is 0 Å². The molecule has 1 fully saturated rings. The fraction of sp³-hybridized carbons (Fsp3) is 0.625. The molecule has 3 rings (SSSR count). The summed E-state index contributed by atoms with van der Waals surface area (Å²) in [5.74, 6) is 3.21. The number of nitrogens with two attached hydrogens (primary N) is 1. The van der Waals surface area contributed by atoms with Gasteiger partial charge in [-0.3, -0.25) is 0 Å². The van der Waals surface area contributed by atoms with Crippen LogP contribution in [0.1, 0.15) is 26.2 Å². The van der Waals surface area contributed by atoms with Crippen LogP contribution in [0.3, 0.4) is 0 Å². The average Bonchev–Trinajstić information content (AvgIpc) is 2.47. The maximum atomic E-state index is 5.95. The number of hydrogen-bond acceptors (Lipinski definition) is 4. The number of ether oxygens (including phenoxy) is 2. The van der Waals surface area contributed by atoms with Crippen LogP contribution >= 0.6 is 11.8 Å². The molecule has 1 aromatic rings. The summed E-state index contributed by atoms with van der Waals surface area (Å²) in [5.41, 5.74) is 5.95. The number of thioether (sulfide) groups is 1. The molecule has 0 saturated heterocycles. The predicted molar refractivity (Wildman–Crippen MR) is 82.6 cm³/mol. The van der Waals surface area contributed by atoms with Gasteiger partial charge in [-0.1, -0.05) is 13.3 Å². The van der Waals surface area contributed by atoms with E-state index in [1.54, 1.807) is 0 Å². The Balaban J connectivity index is 1.72. The van der Waals surface area contributed by atoms with Crippen molar-refractivity contribution in [3.05, 3.63) is 18.2 Å². The minimum Gasteiger partial charge on any atom is -0.486 e. The molecule has 1 heterocycles. The summed E-state index contributed by atoms with van der Waals surface area (Å²) in [4.78, 5) is 1.27. The van der Waals surface area contributed by atoms with Gasteiger partial charge in [-0.05, 0) is 49.4 Å². The smallest absolute Gasteiger partial charge is 0.162 e. The van der Waals surface area contributed by atoms with Crippen LogP contribution in [0.5, 0.6) is 11.5 Å². The van der Waals surface area contributed by atoms with E-state index in [4.69, 9.17) is 15.2 Å². The largest absolute Gasteiger partial charge is 0.486 e. The molecule has 4 heteroatoms. The highest BCUT2D eigenvalue weighted by atomic mass is 32.2. The van der Waals surface area contributed by atoms with E-state index in [1.807, 2.05) is 17.8 Å². The van der Waals surface area contributed by atoms with Gasteiger partial charge < -0.3 is 15.2 Å². The third kappa shape index (κ3) is 3.07. The molecule has 1 aliphatic heterocycles. The topological polar surface area (TPSA) is 44.5 Å². The van der Waals surface area contributed by atoms with Gasteiger partial charge >= 0.3 is 0 Å². The first-order valence-electron chi connectivity index (χ1n) is 7.52. The minimum absolute atomic E-state index is 0.631. The molecule has 3 unspecified atom stereocenters. The lowest BCUT2D eigenvalue weighted by molar-refractivity contribution is 0.171. The van der Waals surface area contributed by atoms with Crippen molar-refractivity contribution in [1.29, 1.82) is 0 Å². The third-order valence-corrected chi connectivity index (χ3v) is 5.70. The van der Waals surface area contributed by atoms with E-state index in [1.165, 1.54) is 24.2 Å². The summed E-state index contributed by atoms with van der Waals surface area (Å²) in [6.45, 7) is 4.45. The normalized spacial score (nSPS) is 29.2. The molecule has 2 N–H and O–H groups in total. The van der Waals surface area contributed by atoms with E-state index in [2.05, 4.69) is 19.1 Å². The molecular weight excluding hydrogens is 270 g/mol. The van der Waals surface area contributed by atoms with Gasteiger partial charge in [0.1, 0.15) is 13.2 Å². The van der Waals surface area contributed by atoms with Crippen LogP contribution in [0.15, 0.2) is 23.1 Å². The number of rotatable bonds is 3. The van der Waals surface area contributed by atoms with Crippen molar-refractivity contribution < 1.29 is 9.47 Å². The molecule has 3 nitrogen and oxygen atoms in total. The summed E-state index contributed by atoms with van der Waals surface area (Å²) in [7, 11) is 0. The number of benzene rings is 1. The monoisotopic (exact) mass is 293 g/mol. The van der Waals surface area contributed by atoms with Crippen molar-refractivity contribution in [3.8, 4) is 11.5 Å². The maximum absolute atomic E-state index is 5.95. The Labute approximate surface area is 125 Å². The van der Waals surface area contributed by atoms with Crippen molar-refractivity contribution in [2.75, 3.05) is 19.8 Å². The van der Waals surface area contributed by atoms with Gasteiger partial charge in [0.05, 0.1) is 0 Å². The Bertz CT molecular complexity index is 466. The second-order valence-corrected chi connectivity index (χ2v) is 7.19. The van der Waals surface area contributed by atoms with Crippen LogP contribution < -0.4 is 15.2 Å². The summed E-state index contributed by atoms with van der Waals surface area (Å²) in [5, 5.41) is 0.631. The molecule has 0 radical (unpaired) electrons. The van der Waals surface area contributed by atoms with Crippen molar-refractivity contribution in [2.45, 2.75) is 36.3 Å². The molecule has 3 atom stereocenters. The Hall–Kier alpha value is -0.870. The van der Waals surface area contributed by atoms with Gasteiger partial charge in [0.2, 0.25) is 0 Å². The molecule has 0 spiro atoms. The fourth-order valence-corrected chi connectivity index (χ4v) is 4.61. The second-order valence-electron chi connectivity index (χ2n) is 5.88. The maximum Gasteiger partial charge on any atom is 0.162 e. The van der Waals surface area contributed by atoms with Crippen LogP contribution in [0.4, 0.5) is 0 Å². The fourth-order valence-electron chi connectivity index (χ4n) is 3.08. The Morgan fingerprint density at radius 3 is 2.80 bits per heavy atom. The van der Waals surface area contributed by atoms with Crippen molar-refractivity contribution in [3.63, 3.8) is 0 Å². The Kier molecular flexibility index (Phi) is 4.41. The molecule has 2 aliphatic rings. The molecule has 1 aromatic carbocycles. The highest BCUT2D eigenvalue weighted by Gasteiger charge is 2.28. The van der Waals surface area contributed by atoms with Gasteiger partial charge in [0, 0.05) is 10.1 Å². The Morgan fingerprint density at radius 1 is 1.20 bits per heavy atom. The zero-order chi connectivity index (χ0) is 13.9. The molecule has 0 aromatic heterocycles. The van der Waals surface area contributed by atoms with Crippen molar-refractivity contribution in [2.24, 2.45) is 17.6 Å². The van der Waals surface area contributed by atoms with Gasteiger partial charge in [-0.15, -0.1) is 11.8 Å². The number of fused-ring (bicyclic) bond motifs is 1. The van der Waals surface area contributed by atoms with Crippen LogP contribution in [-0.2, 0) is 0 Å². The first-order chi connectivity index (χ1) is 9.76. The standard InChI is InChI=1S/C16H23NO2S/c1-11-2-3-12(10-17)16(8-11)20-13-4-5-14-15(9-13)19-7-6-18-14/h4-5,9,11-12,16H,2-3,6-8,10,17H2,1H3. The minimum atomic E-state index is 0.631. The van der Waals surface area contributed by atoms with Gasteiger partial charge in [0.15, 0.2) is 11.5 Å². The van der Waals surface area contributed by atoms with E-state index in [0.29, 0.717) is 24.4 Å². The Morgan fingerprint density at radius 2 is 2.00 bits per heavy atom. The highest BCUT2D eigenvalue weighted by Crippen LogP contribution is 2.42. The van der Waals surface area contributed by atoms with E-state index < -0.39 is 0 Å². The lowest BCUT2D eigenvalue weighted by Gasteiger charge is -2.34. The van der Waals surface area contributed by atoms with Crippen LogP contribution in [0, 0.1) is 11.8 Å². The third-order valence-electron chi connectivity index (χ3n) is 4.29. The van der Waals surface area contributed by atoms with Gasteiger partial charge in [-0.2, -0.15) is 0 Å². The summed E-state index contributed by atoms with van der Waals surface area (Å²) in [6.07, 6.45) is 3.85. The van der Waals surface area contributed by atoms with Crippen LogP contribution in [0.2, 0.25) is 0 Å². The first-order valence-corrected chi connectivity index (χ1v) is 8.40. The van der Waals surface area contributed by atoms with Crippen molar-refractivity contribution in [1.82, 2.24) is 0 Å². The first kappa shape index (κ1) is 14.1. The highest BCUT2D eigenvalue weighted by molar-refractivity contribution is 8.00. The predicted octanol–water partition coefficient (Wildman–Crippen LogP) is 3.31. The van der Waals surface area contributed by atoms with Crippen molar-refractivity contribution >= 4 is 11.8 Å². The molecule has 110 valence electrons. The molecular formula is C16H23NO2S. The van der Waals surface area contributed by atoms with Gasteiger partial charge in [0.25, 0.3) is 0 Å². The summed E-state index contributed by atoms with van der Waals surface area (Å²) in [6, 6.07) is 6.29. The van der Waals surface area contributed by atoms with Gasteiger partial charge in [-0.25, -0.2) is 0 Å². The second kappa shape index (κ2) is 6.27. The van der Waals surface area contributed by atoms with Crippen LogP contribution in [0.25, 0.3) is 0 Å². The molecule has 20 heavy (non-hydrogen) atoms. The summed E-state index contributed by atoms with van der Waals surface area (Å²) >= 11 is 1.96. The lowest BCUT2D eigenvalue weighted by atomic mass is 9.82. The molecule has 1 saturated carbocycles. The summed E-state index contributed by atoms with van der Waals surface area (Å²) < 4.78 is 11.2. The van der Waals surface area contributed by atoms with E-state index in [-0.39, 0.29) is 0 Å². The van der Waals surface area contributed by atoms with Crippen LogP contribution in [-0.4, -0.2) is 25.0 Å². The number of hydrogen-bond donors (Lipinski definition) is 1.